The SMILES string of the molecule is CCN(c1cn(-c2cccnc2)nc1Cl)C1OC1CCSCCC(F)(F)F. The van der Waals surface area contributed by atoms with Crippen LogP contribution in [-0.4, -0.2) is 51.3 Å². The lowest BCUT2D eigenvalue weighted by atomic mass is 10.3. The van der Waals surface area contributed by atoms with Crippen LogP contribution in [0.25, 0.3) is 5.69 Å². The van der Waals surface area contributed by atoms with Crippen LogP contribution in [0.2, 0.25) is 5.15 Å². The van der Waals surface area contributed by atoms with Crippen molar-refractivity contribution < 1.29 is 17.9 Å². The molecule has 27 heavy (non-hydrogen) atoms. The summed E-state index contributed by atoms with van der Waals surface area (Å²) in [5, 5.41) is 4.70. The Kier molecular flexibility index (Phi) is 6.54. The molecule has 0 saturated carbocycles. The Morgan fingerprint density at radius 2 is 2.19 bits per heavy atom. The molecule has 0 N–H and O–H groups in total. The second kappa shape index (κ2) is 8.70. The highest BCUT2D eigenvalue weighted by Crippen LogP contribution is 2.36. The Morgan fingerprint density at radius 3 is 2.85 bits per heavy atom. The summed E-state index contributed by atoms with van der Waals surface area (Å²) in [6.07, 6.45) is 0.953. The summed E-state index contributed by atoms with van der Waals surface area (Å²) < 4.78 is 43.8. The highest BCUT2D eigenvalue weighted by Gasteiger charge is 2.43. The Morgan fingerprint density at radius 1 is 1.37 bits per heavy atom. The van der Waals surface area contributed by atoms with Gasteiger partial charge in [0.2, 0.25) is 0 Å². The Labute approximate surface area is 164 Å². The molecule has 3 rings (SSSR count). The molecule has 148 valence electrons. The van der Waals surface area contributed by atoms with Crippen molar-refractivity contribution in [1.82, 2.24) is 14.8 Å². The van der Waals surface area contributed by atoms with E-state index in [9.17, 15) is 13.2 Å². The zero-order valence-electron chi connectivity index (χ0n) is 14.7. The van der Waals surface area contributed by atoms with Crippen LogP contribution >= 0.6 is 23.4 Å². The van der Waals surface area contributed by atoms with E-state index in [1.54, 1.807) is 17.1 Å². The average molecular weight is 421 g/mol. The molecule has 3 heterocycles. The minimum Gasteiger partial charge on any atom is -0.348 e. The van der Waals surface area contributed by atoms with Gasteiger partial charge in [-0.05, 0) is 31.2 Å². The van der Waals surface area contributed by atoms with E-state index in [4.69, 9.17) is 16.3 Å². The maximum atomic E-state index is 12.1. The predicted octanol–water partition coefficient (Wildman–Crippen LogP) is 4.55. The molecule has 2 aromatic rings. The molecule has 2 unspecified atom stereocenters. The molecule has 1 aliphatic rings. The van der Waals surface area contributed by atoms with E-state index >= 15 is 0 Å². The summed E-state index contributed by atoms with van der Waals surface area (Å²) >= 11 is 7.62. The third-order valence-corrected chi connectivity index (χ3v) is 5.44. The molecule has 0 radical (unpaired) electrons. The van der Waals surface area contributed by atoms with E-state index in [1.807, 2.05) is 30.2 Å². The first-order valence-corrected chi connectivity index (χ1v) is 10.1. The number of epoxide rings is 1. The number of hydrogen-bond acceptors (Lipinski definition) is 5. The third-order valence-electron chi connectivity index (χ3n) is 4.15. The first kappa shape index (κ1) is 20.3. The van der Waals surface area contributed by atoms with Crippen LogP contribution in [0.5, 0.6) is 0 Å². The van der Waals surface area contributed by atoms with E-state index in [0.717, 1.165) is 11.4 Å². The third kappa shape index (κ3) is 5.52. The van der Waals surface area contributed by atoms with Crippen LogP contribution in [0.3, 0.4) is 0 Å². The van der Waals surface area contributed by atoms with E-state index in [-0.39, 0.29) is 18.1 Å². The number of alkyl halides is 3. The van der Waals surface area contributed by atoms with Gasteiger partial charge >= 0.3 is 6.18 Å². The van der Waals surface area contributed by atoms with Gasteiger partial charge in [0.15, 0.2) is 11.4 Å². The molecule has 0 aromatic carbocycles. The molecule has 0 bridgehead atoms. The number of anilines is 1. The molecule has 1 saturated heterocycles. The standard InChI is InChI=1S/C17H20ClF3N4OS/c1-2-24(16-14(26-16)5-8-27-9-6-17(19,20)21)13-11-25(23-15(13)18)12-4-3-7-22-10-12/h3-4,7,10-11,14,16H,2,5-6,8-9H2,1H3. The van der Waals surface area contributed by atoms with Gasteiger partial charge in [0.25, 0.3) is 0 Å². The fourth-order valence-electron chi connectivity index (χ4n) is 2.75. The van der Waals surface area contributed by atoms with E-state index in [0.29, 0.717) is 23.9 Å². The van der Waals surface area contributed by atoms with Crippen molar-refractivity contribution in [3.63, 3.8) is 0 Å². The number of pyridine rings is 1. The van der Waals surface area contributed by atoms with Crippen molar-refractivity contribution in [2.24, 2.45) is 0 Å². The van der Waals surface area contributed by atoms with Crippen LogP contribution in [-0.2, 0) is 4.74 Å². The number of likely N-dealkylation sites (N-methyl/N-ethyl adjacent to an activating group) is 1. The predicted molar refractivity (Wildman–Crippen MR) is 101 cm³/mol. The molecule has 5 nitrogen and oxygen atoms in total. The fourth-order valence-corrected chi connectivity index (χ4v) is 3.97. The lowest BCUT2D eigenvalue weighted by molar-refractivity contribution is -0.129. The second-order valence-corrected chi connectivity index (χ2v) is 7.66. The highest BCUT2D eigenvalue weighted by molar-refractivity contribution is 7.99. The summed E-state index contributed by atoms with van der Waals surface area (Å²) in [6.45, 7) is 2.68. The zero-order valence-corrected chi connectivity index (χ0v) is 16.3. The number of rotatable bonds is 9. The van der Waals surface area contributed by atoms with Gasteiger partial charge in [0.05, 0.1) is 30.2 Å². The van der Waals surface area contributed by atoms with E-state index in [2.05, 4.69) is 10.1 Å². The van der Waals surface area contributed by atoms with E-state index in [1.165, 1.54) is 11.8 Å². The average Bonchev–Trinajstić information content (AvgIpc) is 3.28. The maximum Gasteiger partial charge on any atom is 0.389 e. The summed E-state index contributed by atoms with van der Waals surface area (Å²) in [5.41, 5.74) is 1.57. The second-order valence-electron chi connectivity index (χ2n) is 6.08. The molecule has 2 atom stereocenters. The number of halogens is 4. The van der Waals surface area contributed by atoms with E-state index < -0.39 is 12.6 Å². The van der Waals surface area contributed by atoms with Gasteiger partial charge in [-0.25, -0.2) is 4.68 Å². The van der Waals surface area contributed by atoms with Gasteiger partial charge in [0.1, 0.15) is 6.10 Å². The quantitative estimate of drug-likeness (QED) is 0.440. The maximum absolute atomic E-state index is 12.1. The summed E-state index contributed by atoms with van der Waals surface area (Å²) in [5.74, 6) is 0.722. The van der Waals surface area contributed by atoms with Crippen molar-refractivity contribution in [3.8, 4) is 5.69 Å². The molecule has 2 aromatic heterocycles. The monoisotopic (exact) mass is 420 g/mol. The van der Waals surface area contributed by atoms with Gasteiger partial charge in [0, 0.05) is 18.5 Å². The van der Waals surface area contributed by atoms with Crippen LogP contribution in [0.1, 0.15) is 19.8 Å². The summed E-state index contributed by atoms with van der Waals surface area (Å²) in [7, 11) is 0. The van der Waals surface area contributed by atoms with Crippen molar-refractivity contribution in [3.05, 3.63) is 35.9 Å². The molecule has 1 fully saturated rings. The number of nitrogens with zero attached hydrogens (tertiary/aromatic N) is 4. The lowest BCUT2D eigenvalue weighted by Crippen LogP contribution is -2.28. The zero-order chi connectivity index (χ0) is 19.4. The van der Waals surface area contributed by atoms with Crippen LogP contribution in [0, 0.1) is 0 Å². The summed E-state index contributed by atoms with van der Waals surface area (Å²) in [4.78, 5) is 6.09. The molecular weight excluding hydrogens is 401 g/mol. The first-order chi connectivity index (χ1) is 12.9. The number of thioether (sulfide) groups is 1. The normalized spacial score (nSPS) is 19.3. The number of ether oxygens (including phenoxy) is 1. The lowest BCUT2D eigenvalue weighted by Gasteiger charge is -2.19. The molecule has 0 aliphatic carbocycles. The van der Waals surface area contributed by atoms with Gasteiger partial charge < -0.3 is 9.64 Å². The molecule has 0 spiro atoms. The Hall–Kier alpha value is -1.45. The Bertz CT molecular complexity index is 744. The topological polar surface area (TPSA) is 46.5 Å². The van der Waals surface area contributed by atoms with Gasteiger partial charge in [-0.15, -0.1) is 0 Å². The van der Waals surface area contributed by atoms with Crippen molar-refractivity contribution in [2.45, 2.75) is 38.3 Å². The minimum atomic E-state index is -4.09. The molecule has 10 heteroatoms. The largest absolute Gasteiger partial charge is 0.389 e. The number of hydrogen-bond donors (Lipinski definition) is 0. The Balaban J connectivity index is 1.54. The smallest absolute Gasteiger partial charge is 0.348 e. The van der Waals surface area contributed by atoms with Crippen molar-refractivity contribution >= 4 is 29.1 Å². The van der Waals surface area contributed by atoms with Crippen molar-refractivity contribution in [2.75, 3.05) is 23.0 Å². The van der Waals surface area contributed by atoms with Gasteiger partial charge in [-0.3, -0.25) is 4.98 Å². The molecule has 0 amide bonds. The molecule has 1 aliphatic heterocycles. The first-order valence-electron chi connectivity index (χ1n) is 8.61. The van der Waals surface area contributed by atoms with Gasteiger partial charge in [-0.2, -0.15) is 30.0 Å². The van der Waals surface area contributed by atoms with Crippen LogP contribution in [0.15, 0.2) is 30.7 Å². The van der Waals surface area contributed by atoms with Crippen LogP contribution in [0.4, 0.5) is 18.9 Å². The molecular formula is C17H20ClF3N4OS. The highest BCUT2D eigenvalue weighted by atomic mass is 35.5. The minimum absolute atomic E-state index is 0.00106. The van der Waals surface area contributed by atoms with Gasteiger partial charge in [-0.1, -0.05) is 11.6 Å². The van der Waals surface area contributed by atoms with Crippen LogP contribution < -0.4 is 4.90 Å². The fraction of sp³-hybridized carbons (Fsp3) is 0.529. The number of aromatic nitrogens is 3. The summed E-state index contributed by atoms with van der Waals surface area (Å²) in [6, 6.07) is 3.70. The van der Waals surface area contributed by atoms with Crippen molar-refractivity contribution in [1.29, 1.82) is 0 Å².